The molecule has 1 unspecified atom stereocenters. The molecule has 0 saturated carbocycles. The van der Waals surface area contributed by atoms with Crippen LogP contribution in [-0.4, -0.2) is 11.9 Å². The van der Waals surface area contributed by atoms with Crippen molar-refractivity contribution in [2.45, 2.75) is 64.7 Å². The van der Waals surface area contributed by atoms with E-state index in [-0.39, 0.29) is 17.9 Å². The molecule has 1 rings (SSSR count). The number of rotatable bonds is 8. The van der Waals surface area contributed by atoms with Crippen molar-refractivity contribution in [2.75, 3.05) is 0 Å². The van der Waals surface area contributed by atoms with Crippen molar-refractivity contribution in [1.29, 1.82) is 0 Å². The Bertz CT molecular complexity index is 294. The Labute approximate surface area is 110 Å². The Morgan fingerprint density at radius 1 is 1.17 bits per heavy atom. The standard InChI is InChI=1S/C15H24O3/c1-2-3-4-5-6-7-8-9-10-13-11-12-14(16)18-15(13)17/h9-10,13H,2-8,11-12H2,1H3/b10-9-. The lowest BCUT2D eigenvalue weighted by atomic mass is 10.00. The quantitative estimate of drug-likeness (QED) is 0.286. The fraction of sp³-hybridized carbons (Fsp3) is 0.733. The molecule has 1 atom stereocenters. The number of esters is 2. The predicted molar refractivity (Wildman–Crippen MR) is 71.0 cm³/mol. The summed E-state index contributed by atoms with van der Waals surface area (Å²) in [4.78, 5) is 22.2. The molecule has 0 spiro atoms. The Hall–Kier alpha value is -1.12. The van der Waals surface area contributed by atoms with E-state index in [0.717, 1.165) is 6.42 Å². The molecule has 0 aromatic rings. The highest BCUT2D eigenvalue weighted by Gasteiger charge is 2.26. The summed E-state index contributed by atoms with van der Waals surface area (Å²) in [5.74, 6) is -0.978. The Morgan fingerprint density at radius 3 is 2.61 bits per heavy atom. The molecule has 0 N–H and O–H groups in total. The lowest BCUT2D eigenvalue weighted by Gasteiger charge is -2.15. The number of cyclic esters (lactones) is 2. The van der Waals surface area contributed by atoms with E-state index in [1.807, 2.05) is 6.08 Å². The van der Waals surface area contributed by atoms with Gasteiger partial charge < -0.3 is 4.74 Å². The Kier molecular flexibility index (Phi) is 7.38. The van der Waals surface area contributed by atoms with E-state index >= 15 is 0 Å². The highest BCUT2D eigenvalue weighted by atomic mass is 16.6. The van der Waals surface area contributed by atoms with Gasteiger partial charge in [-0.25, -0.2) is 0 Å². The maximum atomic E-state index is 11.3. The van der Waals surface area contributed by atoms with Gasteiger partial charge in [0.05, 0.1) is 5.92 Å². The molecule has 1 saturated heterocycles. The van der Waals surface area contributed by atoms with Crippen LogP contribution in [-0.2, 0) is 14.3 Å². The van der Waals surface area contributed by atoms with Crippen LogP contribution in [0.1, 0.15) is 64.7 Å². The Morgan fingerprint density at radius 2 is 1.89 bits per heavy atom. The zero-order valence-electron chi connectivity index (χ0n) is 11.3. The van der Waals surface area contributed by atoms with Gasteiger partial charge in [0.1, 0.15) is 0 Å². The van der Waals surface area contributed by atoms with Crippen molar-refractivity contribution in [3.05, 3.63) is 12.2 Å². The van der Waals surface area contributed by atoms with E-state index < -0.39 is 0 Å². The molecule has 102 valence electrons. The van der Waals surface area contributed by atoms with Crippen LogP contribution in [0.4, 0.5) is 0 Å². The molecule has 1 aliphatic heterocycles. The minimum Gasteiger partial charge on any atom is -0.393 e. The molecule has 0 aliphatic carbocycles. The third-order valence-corrected chi connectivity index (χ3v) is 3.27. The first-order valence-electron chi connectivity index (χ1n) is 7.15. The monoisotopic (exact) mass is 252 g/mol. The van der Waals surface area contributed by atoms with Crippen molar-refractivity contribution < 1.29 is 14.3 Å². The summed E-state index contributed by atoms with van der Waals surface area (Å²) in [6, 6.07) is 0. The van der Waals surface area contributed by atoms with E-state index in [4.69, 9.17) is 0 Å². The average molecular weight is 252 g/mol. The highest BCUT2D eigenvalue weighted by molar-refractivity contribution is 5.90. The van der Waals surface area contributed by atoms with Crippen molar-refractivity contribution in [2.24, 2.45) is 5.92 Å². The second kappa shape index (κ2) is 8.90. The van der Waals surface area contributed by atoms with Gasteiger partial charge in [0.25, 0.3) is 0 Å². The first-order chi connectivity index (χ1) is 8.74. The summed E-state index contributed by atoms with van der Waals surface area (Å²) in [5, 5.41) is 0. The van der Waals surface area contributed by atoms with Crippen LogP contribution in [0.2, 0.25) is 0 Å². The van der Waals surface area contributed by atoms with Gasteiger partial charge in [-0.15, -0.1) is 0 Å². The van der Waals surface area contributed by atoms with E-state index in [0.29, 0.717) is 12.8 Å². The van der Waals surface area contributed by atoms with E-state index in [1.54, 1.807) is 0 Å². The van der Waals surface area contributed by atoms with Gasteiger partial charge in [-0.05, 0) is 19.3 Å². The van der Waals surface area contributed by atoms with Crippen molar-refractivity contribution in [3.63, 3.8) is 0 Å². The molecule has 0 bridgehead atoms. The van der Waals surface area contributed by atoms with Gasteiger partial charge in [0.15, 0.2) is 0 Å². The highest BCUT2D eigenvalue weighted by Crippen LogP contribution is 2.18. The van der Waals surface area contributed by atoms with Crippen LogP contribution in [0.5, 0.6) is 0 Å². The molecule has 0 aromatic carbocycles. The summed E-state index contributed by atoms with van der Waals surface area (Å²) in [6.07, 6.45) is 13.6. The van der Waals surface area contributed by atoms with Crippen molar-refractivity contribution in [3.8, 4) is 0 Å². The summed E-state index contributed by atoms with van der Waals surface area (Å²) in [7, 11) is 0. The molecule has 3 nitrogen and oxygen atoms in total. The third kappa shape index (κ3) is 5.99. The maximum absolute atomic E-state index is 11.3. The zero-order valence-corrected chi connectivity index (χ0v) is 11.3. The Balaban J connectivity index is 2.06. The van der Waals surface area contributed by atoms with E-state index in [1.165, 1.54) is 38.5 Å². The first-order valence-corrected chi connectivity index (χ1v) is 7.15. The number of allylic oxidation sites excluding steroid dienone is 1. The van der Waals surface area contributed by atoms with E-state index in [9.17, 15) is 9.59 Å². The summed E-state index contributed by atoms with van der Waals surface area (Å²) < 4.78 is 4.59. The smallest absolute Gasteiger partial charge is 0.320 e. The van der Waals surface area contributed by atoms with Crippen molar-refractivity contribution >= 4 is 11.9 Å². The first kappa shape index (κ1) is 14.9. The SMILES string of the molecule is CCCCCCCC/C=C\C1CCC(=O)OC1=O. The number of hydrogen-bond acceptors (Lipinski definition) is 3. The molecular formula is C15H24O3. The van der Waals surface area contributed by atoms with E-state index in [2.05, 4.69) is 17.7 Å². The van der Waals surface area contributed by atoms with Crippen LogP contribution in [0.25, 0.3) is 0 Å². The van der Waals surface area contributed by atoms with Crippen LogP contribution >= 0.6 is 0 Å². The molecule has 0 aromatic heterocycles. The molecule has 1 heterocycles. The van der Waals surface area contributed by atoms with Crippen molar-refractivity contribution in [1.82, 2.24) is 0 Å². The second-order valence-electron chi connectivity index (χ2n) is 4.92. The third-order valence-electron chi connectivity index (χ3n) is 3.27. The predicted octanol–water partition coefficient (Wildman–Crippen LogP) is 3.77. The molecule has 18 heavy (non-hydrogen) atoms. The number of ether oxygens (including phenoxy) is 1. The minimum atomic E-state index is -0.388. The second-order valence-corrected chi connectivity index (χ2v) is 4.92. The van der Waals surface area contributed by atoms with Crippen LogP contribution in [0.15, 0.2) is 12.2 Å². The van der Waals surface area contributed by atoms with Gasteiger partial charge in [-0.1, -0.05) is 51.2 Å². The van der Waals surface area contributed by atoms with Gasteiger partial charge in [-0.2, -0.15) is 0 Å². The maximum Gasteiger partial charge on any atom is 0.320 e. The lowest BCUT2D eigenvalue weighted by molar-refractivity contribution is -0.165. The van der Waals surface area contributed by atoms with Gasteiger partial charge in [0.2, 0.25) is 0 Å². The summed E-state index contributed by atoms with van der Waals surface area (Å²) in [6.45, 7) is 2.22. The fourth-order valence-electron chi connectivity index (χ4n) is 2.11. The molecule has 0 radical (unpaired) electrons. The van der Waals surface area contributed by atoms with Crippen LogP contribution in [0.3, 0.4) is 0 Å². The number of unbranched alkanes of at least 4 members (excludes halogenated alkanes) is 6. The fourth-order valence-corrected chi connectivity index (χ4v) is 2.11. The molecule has 3 heteroatoms. The average Bonchev–Trinajstić information content (AvgIpc) is 2.35. The minimum absolute atomic E-state index is 0.206. The topological polar surface area (TPSA) is 43.4 Å². The van der Waals surface area contributed by atoms with Crippen LogP contribution < -0.4 is 0 Å². The van der Waals surface area contributed by atoms with Gasteiger partial charge in [0, 0.05) is 6.42 Å². The summed E-state index contributed by atoms with van der Waals surface area (Å²) >= 11 is 0. The molecule has 1 aliphatic rings. The number of carbonyl (C=O) groups excluding carboxylic acids is 2. The number of hydrogen-bond donors (Lipinski definition) is 0. The molecule has 0 amide bonds. The normalized spacial score (nSPS) is 20.4. The van der Waals surface area contributed by atoms with Gasteiger partial charge >= 0.3 is 11.9 Å². The molecular weight excluding hydrogens is 228 g/mol. The zero-order chi connectivity index (χ0) is 13.2. The van der Waals surface area contributed by atoms with Crippen LogP contribution in [0, 0.1) is 5.92 Å². The largest absolute Gasteiger partial charge is 0.393 e. The number of carbonyl (C=O) groups is 2. The summed E-state index contributed by atoms with van der Waals surface area (Å²) in [5.41, 5.74) is 0. The lowest BCUT2D eigenvalue weighted by Crippen LogP contribution is -2.26. The molecule has 1 fully saturated rings. The van der Waals surface area contributed by atoms with Gasteiger partial charge in [-0.3, -0.25) is 9.59 Å².